The third-order valence-corrected chi connectivity index (χ3v) is 2.92. The molecular formula is C13H14FNO2. The molecule has 1 heterocycles. The molecule has 0 aromatic heterocycles. The van der Waals surface area contributed by atoms with Gasteiger partial charge in [-0.05, 0) is 24.6 Å². The van der Waals surface area contributed by atoms with Crippen LogP contribution in [0.15, 0.2) is 18.2 Å². The van der Waals surface area contributed by atoms with Gasteiger partial charge in [0.2, 0.25) is 0 Å². The number of carbonyl (C=O) groups is 2. The number of unbranched alkanes of at least 4 members (excludes halogenated alkanes) is 2. The second kappa shape index (κ2) is 4.65. The van der Waals surface area contributed by atoms with Crippen LogP contribution in [0, 0.1) is 5.82 Å². The normalized spacial score (nSPS) is 14.4. The maximum absolute atomic E-state index is 13.1. The molecule has 0 radical (unpaired) electrons. The van der Waals surface area contributed by atoms with E-state index in [0.29, 0.717) is 17.8 Å². The summed E-state index contributed by atoms with van der Waals surface area (Å²) in [7, 11) is 0. The summed E-state index contributed by atoms with van der Waals surface area (Å²) in [4.78, 5) is 24.7. The van der Waals surface area contributed by atoms with Crippen molar-refractivity contribution in [2.24, 2.45) is 0 Å². The minimum Gasteiger partial charge on any atom is -0.305 e. The summed E-state index contributed by atoms with van der Waals surface area (Å²) in [5, 5.41) is 0. The summed E-state index contributed by atoms with van der Waals surface area (Å²) >= 11 is 0. The molecule has 1 aliphatic heterocycles. The summed E-state index contributed by atoms with van der Waals surface area (Å²) in [6.07, 6.45) is 2.85. The smallest absolute Gasteiger partial charge is 0.299 e. The summed E-state index contributed by atoms with van der Waals surface area (Å²) in [5.41, 5.74) is 0.726. The Bertz CT molecular complexity index is 470. The van der Waals surface area contributed by atoms with E-state index < -0.39 is 17.5 Å². The van der Waals surface area contributed by atoms with E-state index in [9.17, 15) is 14.0 Å². The Hall–Kier alpha value is -1.71. The summed E-state index contributed by atoms with van der Waals surface area (Å²) in [6, 6.07) is 3.84. The van der Waals surface area contributed by atoms with Crippen molar-refractivity contribution in [1.82, 2.24) is 0 Å². The molecule has 1 aromatic rings. The molecule has 0 N–H and O–H groups in total. The molecule has 90 valence electrons. The highest BCUT2D eigenvalue weighted by molar-refractivity contribution is 6.52. The number of ketones is 1. The predicted octanol–water partition coefficient (Wildman–Crippen LogP) is 2.55. The van der Waals surface area contributed by atoms with Gasteiger partial charge in [0.1, 0.15) is 5.82 Å². The molecular weight excluding hydrogens is 221 g/mol. The van der Waals surface area contributed by atoms with Crippen LogP contribution >= 0.6 is 0 Å². The number of anilines is 1. The number of carbonyl (C=O) groups excluding carboxylic acids is 2. The number of amides is 1. The minimum atomic E-state index is -0.540. The highest BCUT2D eigenvalue weighted by atomic mass is 19.1. The summed E-state index contributed by atoms with van der Waals surface area (Å²) in [6.45, 7) is 2.54. The lowest BCUT2D eigenvalue weighted by Gasteiger charge is -2.15. The highest BCUT2D eigenvalue weighted by Gasteiger charge is 2.35. The van der Waals surface area contributed by atoms with Crippen LogP contribution in [-0.2, 0) is 4.79 Å². The van der Waals surface area contributed by atoms with Crippen molar-refractivity contribution in [3.8, 4) is 0 Å². The Morgan fingerprint density at radius 2 is 2.00 bits per heavy atom. The van der Waals surface area contributed by atoms with E-state index in [2.05, 4.69) is 6.92 Å². The maximum Gasteiger partial charge on any atom is 0.299 e. The fourth-order valence-electron chi connectivity index (χ4n) is 2.01. The van der Waals surface area contributed by atoms with Gasteiger partial charge in [-0.3, -0.25) is 9.59 Å². The fourth-order valence-corrected chi connectivity index (χ4v) is 2.01. The van der Waals surface area contributed by atoms with E-state index in [1.807, 2.05) is 0 Å². The van der Waals surface area contributed by atoms with Crippen LogP contribution in [0.4, 0.5) is 10.1 Å². The molecule has 0 spiro atoms. The van der Waals surface area contributed by atoms with Gasteiger partial charge in [-0.1, -0.05) is 19.8 Å². The number of fused-ring (bicyclic) bond motifs is 1. The first-order chi connectivity index (χ1) is 8.15. The lowest BCUT2D eigenvalue weighted by atomic mass is 10.1. The highest BCUT2D eigenvalue weighted by Crippen LogP contribution is 2.29. The second-order valence-electron chi connectivity index (χ2n) is 4.15. The van der Waals surface area contributed by atoms with Gasteiger partial charge in [-0.25, -0.2) is 4.39 Å². The first-order valence-electron chi connectivity index (χ1n) is 5.81. The quantitative estimate of drug-likeness (QED) is 0.594. The average Bonchev–Trinajstić information content (AvgIpc) is 2.54. The monoisotopic (exact) mass is 235 g/mol. The van der Waals surface area contributed by atoms with Crippen molar-refractivity contribution >= 4 is 17.4 Å². The third-order valence-electron chi connectivity index (χ3n) is 2.92. The molecule has 3 nitrogen and oxygen atoms in total. The summed E-state index contributed by atoms with van der Waals surface area (Å²) < 4.78 is 13.1. The number of hydrogen-bond acceptors (Lipinski definition) is 2. The van der Waals surface area contributed by atoms with Gasteiger partial charge >= 0.3 is 0 Å². The molecule has 1 aliphatic rings. The first kappa shape index (κ1) is 11.8. The van der Waals surface area contributed by atoms with Gasteiger partial charge in [0, 0.05) is 6.54 Å². The third kappa shape index (κ3) is 2.07. The van der Waals surface area contributed by atoms with Crippen molar-refractivity contribution in [1.29, 1.82) is 0 Å². The zero-order valence-corrected chi connectivity index (χ0v) is 9.70. The van der Waals surface area contributed by atoms with Crippen molar-refractivity contribution in [3.63, 3.8) is 0 Å². The Morgan fingerprint density at radius 3 is 2.71 bits per heavy atom. The van der Waals surface area contributed by atoms with Crippen LogP contribution in [0.2, 0.25) is 0 Å². The van der Waals surface area contributed by atoms with Crippen LogP contribution in [0.3, 0.4) is 0 Å². The van der Waals surface area contributed by atoms with Gasteiger partial charge in [-0.15, -0.1) is 0 Å². The number of Topliss-reactive ketones (excluding diaryl/α,β-unsaturated/α-hetero) is 1. The molecule has 0 bridgehead atoms. The number of rotatable bonds is 4. The lowest BCUT2D eigenvalue weighted by molar-refractivity contribution is -0.114. The van der Waals surface area contributed by atoms with E-state index in [1.165, 1.54) is 23.1 Å². The van der Waals surface area contributed by atoms with E-state index in [1.54, 1.807) is 0 Å². The number of benzene rings is 1. The zero-order valence-electron chi connectivity index (χ0n) is 9.70. The molecule has 0 fully saturated rings. The summed E-state index contributed by atoms with van der Waals surface area (Å²) in [5.74, 6) is -1.50. The van der Waals surface area contributed by atoms with Crippen LogP contribution in [0.5, 0.6) is 0 Å². The van der Waals surface area contributed by atoms with Gasteiger partial charge in [-0.2, -0.15) is 0 Å². The molecule has 0 aliphatic carbocycles. The largest absolute Gasteiger partial charge is 0.305 e. The van der Waals surface area contributed by atoms with Gasteiger partial charge in [0.25, 0.3) is 11.7 Å². The Morgan fingerprint density at radius 1 is 1.24 bits per heavy atom. The SMILES string of the molecule is CCCCCN1C(=O)C(=O)c2ccc(F)cc21. The molecule has 4 heteroatoms. The van der Waals surface area contributed by atoms with E-state index in [0.717, 1.165) is 19.3 Å². The van der Waals surface area contributed by atoms with Crippen molar-refractivity contribution in [2.75, 3.05) is 11.4 Å². The van der Waals surface area contributed by atoms with Crippen LogP contribution in [0.1, 0.15) is 36.5 Å². The minimum absolute atomic E-state index is 0.313. The Labute approximate surface area is 99.2 Å². The molecule has 17 heavy (non-hydrogen) atoms. The molecule has 1 amide bonds. The van der Waals surface area contributed by atoms with Gasteiger partial charge in [0.05, 0.1) is 11.3 Å². The van der Waals surface area contributed by atoms with E-state index in [4.69, 9.17) is 0 Å². The Kier molecular flexibility index (Phi) is 3.22. The molecule has 0 unspecified atom stereocenters. The number of hydrogen-bond donors (Lipinski definition) is 0. The molecule has 0 saturated heterocycles. The molecule has 0 saturated carbocycles. The van der Waals surface area contributed by atoms with E-state index >= 15 is 0 Å². The average molecular weight is 235 g/mol. The lowest BCUT2D eigenvalue weighted by Crippen LogP contribution is -2.30. The van der Waals surface area contributed by atoms with Crippen molar-refractivity contribution < 1.29 is 14.0 Å². The second-order valence-corrected chi connectivity index (χ2v) is 4.15. The maximum atomic E-state index is 13.1. The standard InChI is InChI=1S/C13H14FNO2/c1-2-3-4-7-15-11-8-9(14)5-6-10(11)12(16)13(15)17/h5-6,8H,2-4,7H2,1H3. The number of nitrogens with zero attached hydrogens (tertiary/aromatic N) is 1. The molecule has 2 rings (SSSR count). The fraction of sp³-hybridized carbons (Fsp3) is 0.385. The van der Waals surface area contributed by atoms with Crippen molar-refractivity contribution in [3.05, 3.63) is 29.6 Å². The van der Waals surface area contributed by atoms with E-state index in [-0.39, 0.29) is 0 Å². The zero-order chi connectivity index (χ0) is 12.4. The number of halogens is 1. The Balaban J connectivity index is 2.26. The molecule has 0 atom stereocenters. The topological polar surface area (TPSA) is 37.4 Å². The van der Waals surface area contributed by atoms with Crippen molar-refractivity contribution in [2.45, 2.75) is 26.2 Å². The predicted molar refractivity (Wildman–Crippen MR) is 62.6 cm³/mol. The van der Waals surface area contributed by atoms with Gasteiger partial charge in [0.15, 0.2) is 0 Å². The molecule has 1 aromatic carbocycles. The first-order valence-corrected chi connectivity index (χ1v) is 5.81. The van der Waals surface area contributed by atoms with Gasteiger partial charge < -0.3 is 4.90 Å². The van der Waals surface area contributed by atoms with Crippen LogP contribution in [-0.4, -0.2) is 18.2 Å². The van der Waals surface area contributed by atoms with Crippen LogP contribution < -0.4 is 4.90 Å². The van der Waals surface area contributed by atoms with Crippen LogP contribution in [0.25, 0.3) is 0 Å².